The maximum atomic E-state index is 12.0. The molecule has 3 aromatic rings. The van der Waals surface area contributed by atoms with Gasteiger partial charge in [-0.15, -0.1) is 0 Å². The quantitative estimate of drug-likeness (QED) is 0.650. The van der Waals surface area contributed by atoms with Gasteiger partial charge in [-0.05, 0) is 43.0 Å². The summed E-state index contributed by atoms with van der Waals surface area (Å²) in [5, 5.41) is 13.5. The normalized spacial score (nSPS) is 10.9. The molecule has 0 saturated heterocycles. The Bertz CT molecular complexity index is 834. The molecule has 0 aliphatic carbocycles. The highest BCUT2D eigenvalue weighted by atomic mass is 16.3. The molecule has 24 heavy (non-hydrogen) atoms. The van der Waals surface area contributed by atoms with E-state index < -0.39 is 0 Å². The molecule has 4 heteroatoms. The minimum atomic E-state index is 0.0769. The molecule has 0 fully saturated rings. The molecule has 0 aliphatic rings. The minimum Gasteiger partial charge on any atom is -0.508 e. The lowest BCUT2D eigenvalue weighted by Crippen LogP contribution is -2.25. The number of aryl methyl sites for hydroxylation is 2. The number of phenolic OH excluding ortho intramolecular Hbond substituents is 1. The molecule has 0 radical (unpaired) electrons. The van der Waals surface area contributed by atoms with E-state index in [2.05, 4.69) is 41.5 Å². The summed E-state index contributed by atoms with van der Waals surface area (Å²) in [6.07, 6.45) is 3.97. The third-order valence-corrected chi connectivity index (χ3v) is 4.23. The molecule has 0 spiro atoms. The van der Waals surface area contributed by atoms with Gasteiger partial charge in [-0.3, -0.25) is 4.79 Å². The smallest absolute Gasteiger partial charge is 0.220 e. The van der Waals surface area contributed by atoms with Gasteiger partial charge in [0.2, 0.25) is 5.91 Å². The van der Waals surface area contributed by atoms with Crippen molar-refractivity contribution in [2.45, 2.75) is 26.2 Å². The number of phenols is 1. The van der Waals surface area contributed by atoms with Gasteiger partial charge < -0.3 is 15.4 Å². The number of benzene rings is 2. The second kappa shape index (κ2) is 7.21. The summed E-state index contributed by atoms with van der Waals surface area (Å²) in [6, 6.07) is 13.6. The number of carbonyl (C=O) groups is 1. The Kier molecular flexibility index (Phi) is 4.85. The molecule has 1 amide bonds. The van der Waals surface area contributed by atoms with Crippen LogP contribution in [0.3, 0.4) is 0 Å². The molecule has 3 rings (SSSR count). The highest BCUT2D eigenvalue weighted by Crippen LogP contribution is 2.22. The zero-order chi connectivity index (χ0) is 16.9. The summed E-state index contributed by atoms with van der Waals surface area (Å²) in [4.78, 5) is 15.1. The first-order valence-corrected chi connectivity index (χ1v) is 8.23. The maximum absolute atomic E-state index is 12.0. The highest BCUT2D eigenvalue weighted by Gasteiger charge is 2.06. The lowest BCUT2D eigenvalue weighted by molar-refractivity contribution is -0.121. The number of carbonyl (C=O) groups excluding carboxylic acids is 1. The Balaban J connectivity index is 1.47. The van der Waals surface area contributed by atoms with Crippen LogP contribution < -0.4 is 5.32 Å². The van der Waals surface area contributed by atoms with Crippen LogP contribution in [0, 0.1) is 6.92 Å². The Labute approximate surface area is 141 Å². The van der Waals surface area contributed by atoms with E-state index in [4.69, 9.17) is 0 Å². The number of aromatic nitrogens is 1. The monoisotopic (exact) mass is 322 g/mol. The van der Waals surface area contributed by atoms with Crippen molar-refractivity contribution < 1.29 is 9.90 Å². The standard InChI is InChI=1S/C20H22N2O2/c1-14-2-4-15(5-3-14)6-9-20(24)21-11-10-16-13-22-19-12-17(23)7-8-18(16)19/h2-5,7-8,12-13,22-23H,6,9-11H2,1H3,(H,21,24). The first-order valence-electron chi connectivity index (χ1n) is 8.23. The number of H-pyrrole nitrogens is 1. The van der Waals surface area contributed by atoms with Crippen molar-refractivity contribution in [2.75, 3.05) is 6.54 Å². The fourth-order valence-corrected chi connectivity index (χ4v) is 2.82. The minimum absolute atomic E-state index is 0.0769. The van der Waals surface area contributed by atoms with E-state index in [0.29, 0.717) is 13.0 Å². The Morgan fingerprint density at radius 2 is 1.92 bits per heavy atom. The molecule has 0 bridgehead atoms. The number of nitrogens with one attached hydrogen (secondary N) is 2. The van der Waals surface area contributed by atoms with Crippen LogP contribution in [0.15, 0.2) is 48.7 Å². The lowest BCUT2D eigenvalue weighted by atomic mass is 10.1. The van der Waals surface area contributed by atoms with Crippen molar-refractivity contribution in [1.29, 1.82) is 0 Å². The van der Waals surface area contributed by atoms with Crippen molar-refractivity contribution in [2.24, 2.45) is 0 Å². The zero-order valence-corrected chi connectivity index (χ0v) is 13.8. The van der Waals surface area contributed by atoms with E-state index in [1.54, 1.807) is 12.1 Å². The molecule has 1 heterocycles. The van der Waals surface area contributed by atoms with Gasteiger partial charge in [-0.25, -0.2) is 0 Å². The average Bonchev–Trinajstić information content (AvgIpc) is 2.96. The summed E-state index contributed by atoms with van der Waals surface area (Å²) in [5.41, 5.74) is 4.47. The summed E-state index contributed by atoms with van der Waals surface area (Å²) < 4.78 is 0. The van der Waals surface area contributed by atoms with Crippen LogP contribution in [-0.2, 0) is 17.6 Å². The van der Waals surface area contributed by atoms with Gasteiger partial charge in [0.25, 0.3) is 0 Å². The van der Waals surface area contributed by atoms with Crippen LogP contribution in [0.4, 0.5) is 0 Å². The Morgan fingerprint density at radius 3 is 2.71 bits per heavy atom. The van der Waals surface area contributed by atoms with Gasteiger partial charge in [0.15, 0.2) is 0 Å². The molecule has 0 unspecified atom stereocenters. The van der Waals surface area contributed by atoms with Crippen LogP contribution in [0.5, 0.6) is 5.75 Å². The molecule has 0 aliphatic heterocycles. The van der Waals surface area contributed by atoms with Crippen LogP contribution in [-0.4, -0.2) is 22.5 Å². The van der Waals surface area contributed by atoms with E-state index in [-0.39, 0.29) is 11.7 Å². The third-order valence-electron chi connectivity index (χ3n) is 4.23. The Hall–Kier alpha value is -2.75. The number of rotatable bonds is 6. The molecule has 0 saturated carbocycles. The van der Waals surface area contributed by atoms with Gasteiger partial charge in [0, 0.05) is 36.1 Å². The number of aromatic amines is 1. The molecule has 2 aromatic carbocycles. The van der Waals surface area contributed by atoms with E-state index in [1.165, 1.54) is 11.1 Å². The van der Waals surface area contributed by atoms with Crippen LogP contribution in [0.1, 0.15) is 23.1 Å². The summed E-state index contributed by atoms with van der Waals surface area (Å²) in [6.45, 7) is 2.67. The van der Waals surface area contributed by atoms with Crippen molar-refractivity contribution in [3.05, 3.63) is 65.4 Å². The molecule has 0 atom stereocenters. The molecular formula is C20H22N2O2. The largest absolute Gasteiger partial charge is 0.508 e. The first kappa shape index (κ1) is 16.1. The van der Waals surface area contributed by atoms with E-state index in [9.17, 15) is 9.90 Å². The predicted molar refractivity (Wildman–Crippen MR) is 96.2 cm³/mol. The molecule has 124 valence electrons. The number of aromatic hydroxyl groups is 1. The molecule has 4 nitrogen and oxygen atoms in total. The summed E-state index contributed by atoms with van der Waals surface area (Å²) in [5.74, 6) is 0.327. The van der Waals surface area contributed by atoms with Gasteiger partial charge in [0.05, 0.1) is 0 Å². The lowest BCUT2D eigenvalue weighted by Gasteiger charge is -2.05. The van der Waals surface area contributed by atoms with E-state index in [0.717, 1.165) is 29.3 Å². The Morgan fingerprint density at radius 1 is 1.12 bits per heavy atom. The van der Waals surface area contributed by atoms with Gasteiger partial charge >= 0.3 is 0 Å². The number of hydrogen-bond acceptors (Lipinski definition) is 2. The number of fused-ring (bicyclic) bond motifs is 1. The topological polar surface area (TPSA) is 65.1 Å². The van der Waals surface area contributed by atoms with E-state index >= 15 is 0 Å². The predicted octanol–water partition coefficient (Wildman–Crippen LogP) is 3.47. The van der Waals surface area contributed by atoms with Crippen LogP contribution >= 0.6 is 0 Å². The van der Waals surface area contributed by atoms with Crippen molar-refractivity contribution in [3.63, 3.8) is 0 Å². The average molecular weight is 322 g/mol. The fourth-order valence-electron chi connectivity index (χ4n) is 2.82. The maximum Gasteiger partial charge on any atom is 0.220 e. The second-order valence-electron chi connectivity index (χ2n) is 6.13. The van der Waals surface area contributed by atoms with Crippen molar-refractivity contribution >= 4 is 16.8 Å². The number of amides is 1. The second-order valence-corrected chi connectivity index (χ2v) is 6.13. The van der Waals surface area contributed by atoms with Crippen LogP contribution in [0.25, 0.3) is 10.9 Å². The van der Waals surface area contributed by atoms with E-state index in [1.807, 2.05) is 12.3 Å². The summed E-state index contributed by atoms with van der Waals surface area (Å²) >= 11 is 0. The molecular weight excluding hydrogens is 300 g/mol. The van der Waals surface area contributed by atoms with Crippen molar-refractivity contribution in [1.82, 2.24) is 10.3 Å². The van der Waals surface area contributed by atoms with Crippen molar-refractivity contribution in [3.8, 4) is 5.75 Å². The molecule has 3 N–H and O–H groups in total. The summed E-state index contributed by atoms with van der Waals surface area (Å²) in [7, 11) is 0. The molecule has 1 aromatic heterocycles. The highest BCUT2D eigenvalue weighted by molar-refractivity contribution is 5.84. The zero-order valence-electron chi connectivity index (χ0n) is 13.8. The fraction of sp³-hybridized carbons (Fsp3) is 0.250. The van der Waals surface area contributed by atoms with Gasteiger partial charge in [-0.2, -0.15) is 0 Å². The third kappa shape index (κ3) is 3.96. The van der Waals surface area contributed by atoms with Gasteiger partial charge in [0.1, 0.15) is 5.75 Å². The first-order chi connectivity index (χ1) is 11.6. The SMILES string of the molecule is Cc1ccc(CCC(=O)NCCc2c[nH]c3cc(O)ccc23)cc1. The van der Waals surface area contributed by atoms with Crippen LogP contribution in [0.2, 0.25) is 0 Å². The number of hydrogen-bond donors (Lipinski definition) is 3. The van der Waals surface area contributed by atoms with Gasteiger partial charge in [-0.1, -0.05) is 29.8 Å².